The van der Waals surface area contributed by atoms with Crippen LogP contribution < -0.4 is 24.2 Å². The van der Waals surface area contributed by atoms with Gasteiger partial charge in [0.2, 0.25) is 17.7 Å². The van der Waals surface area contributed by atoms with E-state index in [1.54, 1.807) is 0 Å². The van der Waals surface area contributed by atoms with Crippen LogP contribution >= 0.6 is 23.2 Å². The third-order valence-electron chi connectivity index (χ3n) is 5.42. The molecule has 0 radical (unpaired) electrons. The summed E-state index contributed by atoms with van der Waals surface area (Å²) in [7, 11) is -2.66. The molecule has 49 heavy (non-hydrogen) atoms. The minimum Gasteiger partial charge on any atom is -0.481 e. The Morgan fingerprint density at radius 3 is 2.04 bits per heavy atom. The van der Waals surface area contributed by atoms with Crippen molar-refractivity contribution in [2.24, 2.45) is 0 Å². The van der Waals surface area contributed by atoms with Gasteiger partial charge < -0.3 is 19.3 Å². The number of anilines is 1. The van der Waals surface area contributed by atoms with Gasteiger partial charge in [0, 0.05) is 17.2 Å². The number of methoxy groups -OCH3 is 2. The van der Waals surface area contributed by atoms with Crippen LogP contribution in [0.25, 0.3) is 0 Å². The fraction of sp³-hybridized carbons (Fsp3) is 0.115. The number of sulfonamides is 1. The molecule has 2 amide bonds. The van der Waals surface area contributed by atoms with Crippen molar-refractivity contribution >= 4 is 56.9 Å². The summed E-state index contributed by atoms with van der Waals surface area (Å²) in [5.41, 5.74) is -2.84. The van der Waals surface area contributed by atoms with Crippen molar-refractivity contribution in [1.29, 1.82) is 0 Å². The maximum atomic E-state index is 13.6. The predicted molar refractivity (Wildman–Crippen MR) is 160 cm³/mol. The van der Waals surface area contributed by atoms with Gasteiger partial charge >= 0.3 is 18.2 Å². The number of nitro benzene ring substituents is 1. The second-order valence-electron chi connectivity index (χ2n) is 8.74. The Morgan fingerprint density at radius 1 is 0.959 bits per heavy atom. The third-order valence-corrected chi connectivity index (χ3v) is 7.19. The number of urea groups is 1. The molecular weight excluding hydrogens is 735 g/mol. The molecular formula is C26H18Cl2F4N6O10S. The molecule has 2 heterocycles. The predicted octanol–water partition coefficient (Wildman–Crippen LogP) is 5.95. The molecule has 4 aromatic rings. The van der Waals surface area contributed by atoms with Crippen molar-refractivity contribution in [2.75, 3.05) is 19.5 Å². The first-order valence-electron chi connectivity index (χ1n) is 12.5. The number of benzene rings is 2. The average Bonchev–Trinajstić information content (AvgIpc) is 3.02. The molecule has 16 nitrogen and oxygen atoms in total. The van der Waals surface area contributed by atoms with Gasteiger partial charge in [-0.25, -0.2) is 23.7 Å². The van der Waals surface area contributed by atoms with E-state index in [-0.39, 0.29) is 39.0 Å². The molecule has 0 aliphatic rings. The van der Waals surface area contributed by atoms with Crippen LogP contribution in [0.4, 0.5) is 34.0 Å². The van der Waals surface area contributed by atoms with Gasteiger partial charge in [-0.05, 0) is 36.4 Å². The van der Waals surface area contributed by atoms with E-state index in [4.69, 9.17) is 42.5 Å². The highest BCUT2D eigenvalue weighted by molar-refractivity contribution is 7.90. The highest BCUT2D eigenvalue weighted by Gasteiger charge is 2.36. The number of aromatic carboxylic acids is 1. The number of carboxylic acids is 1. The van der Waals surface area contributed by atoms with Gasteiger partial charge in [0.25, 0.3) is 15.7 Å². The number of hydrogen-bond acceptors (Lipinski definition) is 12. The Bertz CT molecular complexity index is 1960. The van der Waals surface area contributed by atoms with Crippen molar-refractivity contribution in [3.05, 3.63) is 91.8 Å². The molecule has 23 heteroatoms. The van der Waals surface area contributed by atoms with Crippen LogP contribution in [0.1, 0.15) is 16.1 Å². The van der Waals surface area contributed by atoms with Crippen molar-refractivity contribution in [3.63, 3.8) is 0 Å². The molecule has 0 unspecified atom stereocenters. The number of nitrogens with one attached hydrogen (secondary N) is 2. The van der Waals surface area contributed by atoms with Gasteiger partial charge in [0.05, 0.1) is 35.8 Å². The Balaban J connectivity index is 0.000000293. The van der Waals surface area contributed by atoms with E-state index in [9.17, 15) is 45.7 Å². The van der Waals surface area contributed by atoms with E-state index in [0.717, 1.165) is 6.07 Å². The summed E-state index contributed by atoms with van der Waals surface area (Å²) in [6.45, 7) is 0. The first kappa shape index (κ1) is 37.9. The molecule has 0 fully saturated rings. The molecule has 0 spiro atoms. The number of amides is 2. The number of pyridine rings is 1. The number of carbonyl (C=O) groups excluding carboxylic acids is 1. The number of nitro groups is 1. The van der Waals surface area contributed by atoms with E-state index in [1.165, 1.54) is 55.3 Å². The standard InChI is InChI=1S/C14H12F3N5O7S.C12H6Cl2FNO3/c1-28-8-5-9(29-2)20-12(19-8)21-13(25)22-30(26,27)10-6(11(23)24)3-4-7(18-10)14(15,16)17;13-7-5-10(14)12(11(15)6-7)19-9-3-1-8(2-4-9)16(17)18/h3-5H,1-2H3,(H,23,24)(H2,19,20,21,22,25);1-6H. The summed E-state index contributed by atoms with van der Waals surface area (Å²) in [4.78, 5) is 43.4. The van der Waals surface area contributed by atoms with Gasteiger partial charge in [-0.3, -0.25) is 15.4 Å². The first-order valence-corrected chi connectivity index (χ1v) is 14.8. The van der Waals surface area contributed by atoms with Gasteiger partial charge in [-0.2, -0.15) is 31.6 Å². The van der Waals surface area contributed by atoms with E-state index < -0.39 is 61.2 Å². The molecule has 0 saturated carbocycles. The number of aromatic nitrogens is 3. The summed E-state index contributed by atoms with van der Waals surface area (Å²) in [5.74, 6) is -3.14. The van der Waals surface area contributed by atoms with Gasteiger partial charge in [0.15, 0.2) is 16.6 Å². The van der Waals surface area contributed by atoms with Crippen molar-refractivity contribution < 1.29 is 59.8 Å². The Morgan fingerprint density at radius 2 is 1.55 bits per heavy atom. The zero-order valence-electron chi connectivity index (χ0n) is 24.3. The highest BCUT2D eigenvalue weighted by Crippen LogP contribution is 2.35. The van der Waals surface area contributed by atoms with Crippen LogP contribution in [-0.4, -0.2) is 59.6 Å². The summed E-state index contributed by atoms with van der Waals surface area (Å²) >= 11 is 11.4. The molecule has 0 atom stereocenters. The Labute approximate surface area is 281 Å². The number of halogens is 6. The largest absolute Gasteiger partial charge is 0.481 e. The third kappa shape index (κ3) is 10.2. The number of non-ortho nitro benzene ring substituents is 1. The normalized spacial score (nSPS) is 11.0. The topological polar surface area (TPSA) is 222 Å². The van der Waals surface area contributed by atoms with E-state index >= 15 is 0 Å². The second-order valence-corrected chi connectivity index (χ2v) is 11.2. The number of alkyl halides is 3. The van der Waals surface area contributed by atoms with Crippen LogP contribution in [-0.2, 0) is 16.2 Å². The van der Waals surface area contributed by atoms with Gasteiger partial charge in [-0.15, -0.1) is 0 Å². The lowest BCUT2D eigenvalue weighted by atomic mass is 10.2. The lowest BCUT2D eigenvalue weighted by Gasteiger charge is -2.12. The number of nitrogens with zero attached hydrogens (tertiary/aromatic N) is 4. The number of carbonyl (C=O) groups is 2. The Kier molecular flexibility index (Phi) is 12.0. The molecule has 2 aromatic heterocycles. The number of rotatable bonds is 9. The molecule has 0 aliphatic carbocycles. The molecule has 0 aliphatic heterocycles. The minimum atomic E-state index is -5.14. The second kappa shape index (κ2) is 15.6. The summed E-state index contributed by atoms with van der Waals surface area (Å²) in [5, 5.41) is 20.1. The first-order chi connectivity index (χ1) is 22.8. The van der Waals surface area contributed by atoms with E-state index in [1.807, 2.05) is 5.32 Å². The summed E-state index contributed by atoms with van der Waals surface area (Å²) in [6, 6.07) is 8.02. The average molecular weight is 753 g/mol. The maximum Gasteiger partial charge on any atom is 0.433 e. The number of ether oxygens (including phenoxy) is 3. The van der Waals surface area contributed by atoms with Crippen LogP contribution in [0.2, 0.25) is 10.0 Å². The zero-order chi connectivity index (χ0) is 36.7. The van der Waals surface area contributed by atoms with Crippen molar-refractivity contribution in [1.82, 2.24) is 19.7 Å². The molecule has 0 bridgehead atoms. The van der Waals surface area contributed by atoms with Crippen LogP contribution in [0.15, 0.2) is 59.6 Å². The molecule has 0 saturated heterocycles. The molecule has 260 valence electrons. The SMILES string of the molecule is COc1cc(OC)nc(NC(=O)NS(=O)(=O)c2nc(C(F)(F)F)ccc2C(=O)O)n1.O=[N+]([O-])c1ccc(Oc2c(F)cc(Cl)cc2Cl)cc1. The summed E-state index contributed by atoms with van der Waals surface area (Å²) in [6.07, 6.45) is -5.06. The fourth-order valence-corrected chi connectivity index (χ4v) is 4.87. The lowest BCUT2D eigenvalue weighted by molar-refractivity contribution is -0.384. The minimum absolute atomic E-state index is 0.0170. The number of hydrogen-bond donors (Lipinski definition) is 3. The van der Waals surface area contributed by atoms with Gasteiger partial charge in [0.1, 0.15) is 11.4 Å². The number of carboxylic acid groups (broad SMARTS) is 1. The maximum absolute atomic E-state index is 13.6. The van der Waals surface area contributed by atoms with Crippen molar-refractivity contribution in [3.8, 4) is 23.3 Å². The Hall–Kier alpha value is -5.54. The monoisotopic (exact) mass is 752 g/mol. The fourth-order valence-electron chi connectivity index (χ4n) is 3.31. The van der Waals surface area contributed by atoms with E-state index in [2.05, 4.69) is 15.0 Å². The van der Waals surface area contributed by atoms with E-state index in [0.29, 0.717) is 12.1 Å². The van der Waals surface area contributed by atoms with Gasteiger partial charge in [-0.1, -0.05) is 23.2 Å². The molecule has 3 N–H and O–H groups in total. The molecule has 4 rings (SSSR count). The summed E-state index contributed by atoms with van der Waals surface area (Å²) < 4.78 is 93.0. The zero-order valence-corrected chi connectivity index (χ0v) is 26.6. The quantitative estimate of drug-likeness (QED) is 0.102. The van der Waals surface area contributed by atoms with Crippen LogP contribution in [0.5, 0.6) is 23.3 Å². The van der Waals surface area contributed by atoms with Crippen LogP contribution in [0.3, 0.4) is 0 Å². The molecule has 2 aromatic carbocycles. The van der Waals surface area contributed by atoms with Crippen molar-refractivity contribution in [2.45, 2.75) is 11.2 Å². The lowest BCUT2D eigenvalue weighted by Crippen LogP contribution is -2.36. The van der Waals surface area contributed by atoms with Crippen LogP contribution in [0, 0.1) is 15.9 Å². The smallest absolute Gasteiger partial charge is 0.433 e. The highest BCUT2D eigenvalue weighted by atomic mass is 35.5.